The molecule has 0 saturated carbocycles. The van der Waals surface area contributed by atoms with Gasteiger partial charge in [0.2, 0.25) is 0 Å². The quantitative estimate of drug-likeness (QED) is 0.439. The van der Waals surface area contributed by atoms with E-state index in [4.69, 9.17) is 0 Å². The molecule has 0 amide bonds. The van der Waals surface area contributed by atoms with E-state index in [1.54, 1.807) is 0 Å². The van der Waals surface area contributed by atoms with Crippen LogP contribution in [0.15, 0.2) is 0 Å². The fourth-order valence-corrected chi connectivity index (χ4v) is 2.02. The monoisotopic (exact) mass is 231 g/mol. The van der Waals surface area contributed by atoms with Crippen molar-refractivity contribution in [2.75, 3.05) is 18.8 Å². The van der Waals surface area contributed by atoms with Crippen LogP contribution in [0.4, 0.5) is 0 Å². The lowest BCUT2D eigenvalue weighted by Gasteiger charge is -2.26. The van der Waals surface area contributed by atoms with E-state index in [0.29, 0.717) is 6.04 Å². The number of unbranched alkanes of at least 4 members (excludes halogenated alkanes) is 4. The third-order valence-corrected chi connectivity index (χ3v) is 3.20. The van der Waals surface area contributed by atoms with E-state index in [2.05, 4.69) is 38.3 Å². The topological polar surface area (TPSA) is 3.24 Å². The summed E-state index contributed by atoms with van der Waals surface area (Å²) < 4.78 is 0. The maximum atomic E-state index is 4.24. The summed E-state index contributed by atoms with van der Waals surface area (Å²) in [5.74, 6) is 1.04. The van der Waals surface area contributed by atoms with Gasteiger partial charge in [0.15, 0.2) is 0 Å². The van der Waals surface area contributed by atoms with Crippen LogP contribution in [0.25, 0.3) is 0 Å². The van der Waals surface area contributed by atoms with Crippen LogP contribution in [-0.4, -0.2) is 29.8 Å². The summed E-state index contributed by atoms with van der Waals surface area (Å²) >= 11 is 4.24. The van der Waals surface area contributed by atoms with Gasteiger partial charge in [-0.1, -0.05) is 26.2 Å². The van der Waals surface area contributed by atoms with Crippen molar-refractivity contribution in [1.29, 1.82) is 0 Å². The Morgan fingerprint density at radius 2 is 1.53 bits per heavy atom. The van der Waals surface area contributed by atoms with Gasteiger partial charge in [0.05, 0.1) is 0 Å². The highest BCUT2D eigenvalue weighted by Crippen LogP contribution is 2.06. The first-order valence-corrected chi connectivity index (χ1v) is 7.20. The molecule has 1 nitrogen and oxygen atoms in total. The molecule has 0 unspecified atom stereocenters. The van der Waals surface area contributed by atoms with Crippen molar-refractivity contribution in [2.24, 2.45) is 0 Å². The van der Waals surface area contributed by atoms with Crippen LogP contribution in [0, 0.1) is 0 Å². The van der Waals surface area contributed by atoms with Crippen LogP contribution in [0.3, 0.4) is 0 Å². The van der Waals surface area contributed by atoms with E-state index in [-0.39, 0.29) is 0 Å². The molecule has 0 N–H and O–H groups in total. The van der Waals surface area contributed by atoms with Gasteiger partial charge in [-0.25, -0.2) is 0 Å². The van der Waals surface area contributed by atoms with Crippen molar-refractivity contribution < 1.29 is 0 Å². The molecule has 0 bridgehead atoms. The Kier molecular flexibility index (Phi) is 11.0. The van der Waals surface area contributed by atoms with Gasteiger partial charge < -0.3 is 4.90 Å². The largest absolute Gasteiger partial charge is 0.301 e. The summed E-state index contributed by atoms with van der Waals surface area (Å²) in [4.78, 5) is 2.62. The molecule has 0 atom stereocenters. The van der Waals surface area contributed by atoms with Gasteiger partial charge >= 0.3 is 0 Å². The molecule has 92 valence electrons. The lowest BCUT2D eigenvalue weighted by atomic mass is 10.2. The van der Waals surface area contributed by atoms with Crippen molar-refractivity contribution in [3.63, 3.8) is 0 Å². The first kappa shape index (κ1) is 15.3. The zero-order chi connectivity index (χ0) is 11.5. The van der Waals surface area contributed by atoms with Crippen molar-refractivity contribution in [2.45, 2.75) is 65.3 Å². The van der Waals surface area contributed by atoms with Crippen molar-refractivity contribution in [3.8, 4) is 0 Å². The van der Waals surface area contributed by atoms with Gasteiger partial charge in [-0.05, 0) is 52.0 Å². The molecule has 0 aromatic carbocycles. The van der Waals surface area contributed by atoms with Crippen molar-refractivity contribution in [3.05, 3.63) is 0 Å². The zero-order valence-corrected chi connectivity index (χ0v) is 11.7. The predicted octanol–water partition coefficient (Wildman–Crippen LogP) is 3.99. The van der Waals surface area contributed by atoms with Crippen LogP contribution in [-0.2, 0) is 0 Å². The van der Waals surface area contributed by atoms with E-state index in [9.17, 15) is 0 Å². The van der Waals surface area contributed by atoms with E-state index >= 15 is 0 Å². The molecule has 0 radical (unpaired) electrons. The molecule has 0 aromatic heterocycles. The number of rotatable bonds is 10. The Balaban J connectivity index is 3.54. The Labute approximate surface area is 102 Å². The van der Waals surface area contributed by atoms with E-state index < -0.39 is 0 Å². The van der Waals surface area contributed by atoms with Crippen LogP contribution in [0.1, 0.15) is 59.3 Å². The van der Waals surface area contributed by atoms with E-state index in [1.165, 1.54) is 51.6 Å². The van der Waals surface area contributed by atoms with Gasteiger partial charge in [-0.3, -0.25) is 0 Å². The summed E-state index contributed by atoms with van der Waals surface area (Å²) in [7, 11) is 0. The second-order valence-electron chi connectivity index (χ2n) is 4.62. The molecular formula is C13H29NS. The number of hydrogen-bond donors (Lipinski definition) is 1. The maximum absolute atomic E-state index is 4.24. The van der Waals surface area contributed by atoms with Crippen molar-refractivity contribution in [1.82, 2.24) is 4.90 Å². The highest BCUT2D eigenvalue weighted by Gasteiger charge is 2.07. The molecule has 0 aliphatic heterocycles. The average Bonchev–Trinajstić information content (AvgIpc) is 2.21. The first-order chi connectivity index (χ1) is 7.22. The molecule has 0 aliphatic carbocycles. The van der Waals surface area contributed by atoms with Gasteiger partial charge in [0, 0.05) is 6.04 Å². The van der Waals surface area contributed by atoms with Crippen LogP contribution in [0.5, 0.6) is 0 Å². The summed E-state index contributed by atoms with van der Waals surface area (Å²) in [6, 6.07) is 0.706. The standard InChI is InChI=1S/C13H29NS/c1-4-5-7-10-14(13(2)3)11-8-6-9-12-15/h13,15H,4-12H2,1-3H3. The number of hydrogen-bond acceptors (Lipinski definition) is 2. The molecule has 0 aromatic rings. The second-order valence-corrected chi connectivity index (χ2v) is 5.07. The lowest BCUT2D eigenvalue weighted by molar-refractivity contribution is 0.213. The Hall–Kier alpha value is 0.310. The van der Waals surface area contributed by atoms with E-state index in [1.807, 2.05) is 0 Å². The van der Waals surface area contributed by atoms with Gasteiger partial charge in [-0.15, -0.1) is 0 Å². The third-order valence-electron chi connectivity index (χ3n) is 2.88. The van der Waals surface area contributed by atoms with Gasteiger partial charge in [-0.2, -0.15) is 12.6 Å². The SMILES string of the molecule is CCCCCN(CCCCCS)C(C)C. The number of thiol groups is 1. The minimum Gasteiger partial charge on any atom is -0.301 e. The van der Waals surface area contributed by atoms with Crippen LogP contribution in [0.2, 0.25) is 0 Å². The molecule has 0 rings (SSSR count). The molecule has 0 heterocycles. The Morgan fingerprint density at radius 1 is 0.933 bits per heavy atom. The smallest absolute Gasteiger partial charge is 0.00385 e. The third kappa shape index (κ3) is 9.25. The fourth-order valence-electron chi connectivity index (χ4n) is 1.80. The fraction of sp³-hybridized carbons (Fsp3) is 1.00. The van der Waals surface area contributed by atoms with Crippen molar-refractivity contribution >= 4 is 12.6 Å². The normalized spacial score (nSPS) is 11.6. The molecule has 0 fully saturated rings. The summed E-state index contributed by atoms with van der Waals surface area (Å²) in [5, 5.41) is 0. The summed E-state index contributed by atoms with van der Waals surface area (Å²) in [6.07, 6.45) is 8.00. The first-order valence-electron chi connectivity index (χ1n) is 6.57. The highest BCUT2D eigenvalue weighted by molar-refractivity contribution is 7.80. The molecule has 2 heteroatoms. The minimum absolute atomic E-state index is 0.706. The zero-order valence-electron chi connectivity index (χ0n) is 10.8. The predicted molar refractivity (Wildman–Crippen MR) is 73.9 cm³/mol. The van der Waals surface area contributed by atoms with Gasteiger partial charge in [0.25, 0.3) is 0 Å². The van der Waals surface area contributed by atoms with Crippen LogP contribution < -0.4 is 0 Å². The highest BCUT2D eigenvalue weighted by atomic mass is 32.1. The number of nitrogens with zero attached hydrogens (tertiary/aromatic N) is 1. The summed E-state index contributed by atoms with van der Waals surface area (Å²) in [5.41, 5.74) is 0. The molecule has 0 spiro atoms. The molecule has 0 aliphatic rings. The minimum atomic E-state index is 0.706. The lowest BCUT2D eigenvalue weighted by Crippen LogP contribution is -2.32. The van der Waals surface area contributed by atoms with E-state index in [0.717, 1.165) is 5.75 Å². The average molecular weight is 231 g/mol. The Bertz CT molecular complexity index is 126. The maximum Gasteiger partial charge on any atom is 0.00385 e. The second kappa shape index (κ2) is 10.8. The van der Waals surface area contributed by atoms with Crippen LogP contribution >= 0.6 is 12.6 Å². The summed E-state index contributed by atoms with van der Waals surface area (Å²) in [6.45, 7) is 9.45. The molecular weight excluding hydrogens is 202 g/mol. The Morgan fingerprint density at radius 3 is 2.00 bits per heavy atom. The van der Waals surface area contributed by atoms with Gasteiger partial charge in [0.1, 0.15) is 0 Å². The molecule has 0 saturated heterocycles. The molecule has 15 heavy (non-hydrogen) atoms.